The van der Waals surface area contributed by atoms with Crippen molar-refractivity contribution in [1.29, 1.82) is 0 Å². The summed E-state index contributed by atoms with van der Waals surface area (Å²) in [4.78, 5) is 7.38. The van der Waals surface area contributed by atoms with Gasteiger partial charge in [-0.05, 0) is 55.9 Å². The Labute approximate surface area is 123 Å². The minimum absolute atomic E-state index is 0.0902. The summed E-state index contributed by atoms with van der Waals surface area (Å²) >= 11 is 0. The van der Waals surface area contributed by atoms with E-state index in [-0.39, 0.29) is 11.7 Å². The van der Waals surface area contributed by atoms with Gasteiger partial charge in [-0.3, -0.25) is 4.98 Å². The van der Waals surface area contributed by atoms with E-state index in [9.17, 15) is 4.39 Å². The average Bonchev–Trinajstić information content (AvgIpc) is 2.98. The normalized spacial score (nSPS) is 12.7. The van der Waals surface area contributed by atoms with Crippen LogP contribution >= 0.6 is 0 Å². The number of hydrogen-bond donors (Lipinski definition) is 2. The van der Waals surface area contributed by atoms with Crippen LogP contribution < -0.4 is 5.32 Å². The van der Waals surface area contributed by atoms with Gasteiger partial charge in [0.05, 0.1) is 5.52 Å². The molecule has 2 N–H and O–H groups in total. The van der Waals surface area contributed by atoms with Gasteiger partial charge in [-0.1, -0.05) is 6.07 Å². The van der Waals surface area contributed by atoms with Gasteiger partial charge >= 0.3 is 0 Å². The number of halogens is 1. The predicted octanol–water partition coefficient (Wildman–Crippen LogP) is 3.44. The van der Waals surface area contributed by atoms with Crippen LogP contribution in [0.1, 0.15) is 23.6 Å². The Kier molecular flexibility index (Phi) is 3.97. The molecular formula is C17H18FN3. The first-order valence-electron chi connectivity index (χ1n) is 7.11. The molecule has 3 aromatic rings. The third-order valence-corrected chi connectivity index (χ3v) is 3.76. The van der Waals surface area contributed by atoms with Crippen molar-refractivity contribution >= 4 is 10.9 Å². The second-order valence-electron chi connectivity index (χ2n) is 5.14. The van der Waals surface area contributed by atoms with Gasteiger partial charge in [0, 0.05) is 29.4 Å². The molecule has 1 atom stereocenters. The maximum atomic E-state index is 14.2. The minimum atomic E-state index is -0.210. The molecule has 3 nitrogen and oxygen atoms in total. The Hall–Kier alpha value is -2.20. The van der Waals surface area contributed by atoms with Gasteiger partial charge in [0.1, 0.15) is 5.82 Å². The molecule has 1 aromatic carbocycles. The van der Waals surface area contributed by atoms with Crippen molar-refractivity contribution < 1.29 is 4.39 Å². The molecule has 2 aromatic heterocycles. The maximum Gasteiger partial charge on any atom is 0.147 e. The van der Waals surface area contributed by atoms with Gasteiger partial charge in [0.15, 0.2) is 0 Å². The molecule has 0 aliphatic rings. The summed E-state index contributed by atoms with van der Waals surface area (Å²) in [5, 5.41) is 4.06. The number of benzene rings is 1. The zero-order valence-corrected chi connectivity index (χ0v) is 11.9. The molecule has 108 valence electrons. The molecule has 0 aliphatic carbocycles. The fourth-order valence-electron chi connectivity index (χ4n) is 2.71. The Morgan fingerprint density at radius 2 is 2.19 bits per heavy atom. The summed E-state index contributed by atoms with van der Waals surface area (Å²) in [6.07, 6.45) is 4.43. The fourth-order valence-corrected chi connectivity index (χ4v) is 2.71. The predicted molar refractivity (Wildman–Crippen MR) is 82.9 cm³/mol. The number of nitrogens with zero attached hydrogens (tertiary/aromatic N) is 1. The molecule has 0 bridgehead atoms. The zero-order valence-electron chi connectivity index (χ0n) is 11.9. The lowest BCUT2D eigenvalue weighted by atomic mass is 9.91. The van der Waals surface area contributed by atoms with Crippen LogP contribution in [0, 0.1) is 5.82 Å². The van der Waals surface area contributed by atoms with Gasteiger partial charge in [-0.2, -0.15) is 0 Å². The van der Waals surface area contributed by atoms with Gasteiger partial charge in [-0.15, -0.1) is 0 Å². The van der Waals surface area contributed by atoms with E-state index in [4.69, 9.17) is 0 Å². The Morgan fingerprint density at radius 1 is 1.29 bits per heavy atom. The summed E-state index contributed by atoms with van der Waals surface area (Å²) in [6, 6.07) is 11.4. The van der Waals surface area contributed by atoms with Crippen molar-refractivity contribution in [3.63, 3.8) is 0 Å². The van der Waals surface area contributed by atoms with Crippen molar-refractivity contribution in [1.82, 2.24) is 15.3 Å². The maximum absolute atomic E-state index is 14.2. The highest BCUT2D eigenvalue weighted by molar-refractivity contribution is 5.80. The number of pyridine rings is 1. The lowest BCUT2D eigenvalue weighted by molar-refractivity contribution is 0.620. The van der Waals surface area contributed by atoms with Crippen molar-refractivity contribution in [3.8, 4) is 0 Å². The number of rotatable bonds is 5. The highest BCUT2D eigenvalue weighted by Gasteiger charge is 2.17. The Balaban J connectivity index is 2.05. The molecular weight excluding hydrogens is 265 g/mol. The molecule has 0 saturated heterocycles. The Morgan fingerprint density at radius 3 is 2.95 bits per heavy atom. The van der Waals surface area contributed by atoms with E-state index in [1.165, 1.54) is 0 Å². The topological polar surface area (TPSA) is 40.7 Å². The monoisotopic (exact) mass is 283 g/mol. The molecule has 0 aliphatic heterocycles. The van der Waals surface area contributed by atoms with E-state index in [0.29, 0.717) is 5.52 Å². The highest BCUT2D eigenvalue weighted by Crippen LogP contribution is 2.30. The molecule has 0 spiro atoms. The lowest BCUT2D eigenvalue weighted by Gasteiger charge is -2.17. The van der Waals surface area contributed by atoms with Gasteiger partial charge < -0.3 is 10.3 Å². The number of nitrogens with one attached hydrogen (secondary N) is 2. The zero-order chi connectivity index (χ0) is 14.7. The quantitative estimate of drug-likeness (QED) is 0.753. The van der Waals surface area contributed by atoms with Crippen LogP contribution in [0.4, 0.5) is 4.39 Å². The van der Waals surface area contributed by atoms with Crippen LogP contribution in [0.25, 0.3) is 10.9 Å². The first-order chi connectivity index (χ1) is 10.3. The molecule has 21 heavy (non-hydrogen) atoms. The fraction of sp³-hybridized carbons (Fsp3) is 0.235. The van der Waals surface area contributed by atoms with E-state index in [1.807, 2.05) is 37.4 Å². The second kappa shape index (κ2) is 6.06. The van der Waals surface area contributed by atoms with E-state index < -0.39 is 0 Å². The molecule has 0 amide bonds. The number of H-pyrrole nitrogens is 1. The SMILES string of the molecule is CNCCC(c1cc(F)c2[nH]ccc2c1)c1ccccn1. The molecule has 3 rings (SSSR count). The van der Waals surface area contributed by atoms with Crippen molar-refractivity contribution in [2.45, 2.75) is 12.3 Å². The van der Waals surface area contributed by atoms with Crippen LogP contribution in [0.3, 0.4) is 0 Å². The number of aromatic amines is 1. The highest BCUT2D eigenvalue weighted by atomic mass is 19.1. The molecule has 4 heteroatoms. The van der Waals surface area contributed by atoms with Gasteiger partial charge in [-0.25, -0.2) is 4.39 Å². The van der Waals surface area contributed by atoms with Crippen molar-refractivity contribution in [2.75, 3.05) is 13.6 Å². The molecule has 0 saturated carbocycles. The van der Waals surface area contributed by atoms with Gasteiger partial charge in [0.25, 0.3) is 0 Å². The summed E-state index contributed by atoms with van der Waals surface area (Å²) in [5.41, 5.74) is 2.50. The summed E-state index contributed by atoms with van der Waals surface area (Å²) < 4.78 is 14.2. The molecule has 2 heterocycles. The van der Waals surface area contributed by atoms with Crippen LogP contribution in [-0.4, -0.2) is 23.6 Å². The summed E-state index contributed by atoms with van der Waals surface area (Å²) in [5.74, 6) is -0.120. The van der Waals surface area contributed by atoms with E-state index in [0.717, 1.165) is 29.6 Å². The van der Waals surface area contributed by atoms with Crippen LogP contribution in [0.5, 0.6) is 0 Å². The molecule has 1 unspecified atom stereocenters. The molecule has 0 fully saturated rings. The molecule has 0 radical (unpaired) electrons. The van der Waals surface area contributed by atoms with E-state index in [2.05, 4.69) is 15.3 Å². The second-order valence-corrected chi connectivity index (χ2v) is 5.14. The standard InChI is InChI=1S/C17H18FN3/c1-19-8-6-14(16-4-2-3-7-20-16)13-10-12-5-9-21-17(12)15(18)11-13/h2-5,7,9-11,14,19,21H,6,8H2,1H3. The van der Waals surface area contributed by atoms with E-state index in [1.54, 1.807) is 18.5 Å². The summed E-state index contributed by atoms with van der Waals surface area (Å²) in [6.45, 7) is 0.855. The Bertz CT molecular complexity index is 721. The van der Waals surface area contributed by atoms with Crippen molar-refractivity contribution in [3.05, 3.63) is 65.9 Å². The first-order valence-corrected chi connectivity index (χ1v) is 7.11. The average molecular weight is 283 g/mol. The summed E-state index contributed by atoms with van der Waals surface area (Å²) in [7, 11) is 1.92. The number of fused-ring (bicyclic) bond motifs is 1. The number of hydrogen-bond acceptors (Lipinski definition) is 2. The van der Waals surface area contributed by atoms with Crippen LogP contribution in [-0.2, 0) is 0 Å². The first kappa shape index (κ1) is 13.8. The minimum Gasteiger partial charge on any atom is -0.359 e. The van der Waals surface area contributed by atoms with Gasteiger partial charge in [0.2, 0.25) is 0 Å². The van der Waals surface area contributed by atoms with E-state index >= 15 is 0 Å². The number of aromatic nitrogens is 2. The largest absolute Gasteiger partial charge is 0.359 e. The smallest absolute Gasteiger partial charge is 0.147 e. The van der Waals surface area contributed by atoms with Crippen molar-refractivity contribution in [2.24, 2.45) is 0 Å². The third kappa shape index (κ3) is 2.81. The van der Waals surface area contributed by atoms with Crippen LogP contribution in [0.2, 0.25) is 0 Å². The third-order valence-electron chi connectivity index (χ3n) is 3.76. The van der Waals surface area contributed by atoms with Crippen LogP contribution in [0.15, 0.2) is 48.8 Å². The lowest BCUT2D eigenvalue weighted by Crippen LogP contribution is -2.14.